The minimum atomic E-state index is -4.46. The fourth-order valence-corrected chi connectivity index (χ4v) is 3.87. The Labute approximate surface area is 171 Å². The average Bonchev–Trinajstić information content (AvgIpc) is 3.04. The highest BCUT2D eigenvalue weighted by Crippen LogP contribution is 2.33. The maximum Gasteiger partial charge on any atom is 0.416 e. The van der Waals surface area contributed by atoms with Crippen LogP contribution < -0.4 is 10.5 Å². The molecule has 30 heavy (non-hydrogen) atoms. The van der Waals surface area contributed by atoms with Crippen molar-refractivity contribution in [2.75, 3.05) is 4.90 Å². The van der Waals surface area contributed by atoms with Gasteiger partial charge in [-0.05, 0) is 54.8 Å². The van der Waals surface area contributed by atoms with Crippen molar-refractivity contribution in [2.45, 2.75) is 32.1 Å². The van der Waals surface area contributed by atoms with Gasteiger partial charge in [0.1, 0.15) is 5.56 Å². The van der Waals surface area contributed by atoms with E-state index in [0.717, 1.165) is 23.4 Å². The molecule has 1 aliphatic rings. The molecule has 2 heterocycles. The topological polar surface area (TPSA) is 42.3 Å². The van der Waals surface area contributed by atoms with Crippen LogP contribution >= 0.6 is 0 Å². The van der Waals surface area contributed by atoms with E-state index in [1.807, 2.05) is 31.2 Å². The molecule has 0 spiro atoms. The second-order valence-electron chi connectivity index (χ2n) is 7.41. The van der Waals surface area contributed by atoms with Crippen molar-refractivity contribution in [1.82, 2.24) is 4.57 Å². The van der Waals surface area contributed by atoms with Crippen LogP contribution in [0.15, 0.2) is 71.7 Å². The lowest BCUT2D eigenvalue weighted by atomic mass is 10.1. The molecule has 0 saturated carbocycles. The van der Waals surface area contributed by atoms with E-state index in [4.69, 9.17) is 0 Å². The number of aromatic nitrogens is 1. The lowest BCUT2D eigenvalue weighted by molar-refractivity contribution is -0.137. The van der Waals surface area contributed by atoms with Gasteiger partial charge < -0.3 is 9.47 Å². The number of carbonyl (C=O) groups is 1. The van der Waals surface area contributed by atoms with Crippen molar-refractivity contribution in [3.05, 3.63) is 99.5 Å². The van der Waals surface area contributed by atoms with E-state index < -0.39 is 23.2 Å². The molecular formula is C23H19F3N2O2. The van der Waals surface area contributed by atoms with Crippen molar-refractivity contribution < 1.29 is 18.0 Å². The standard InChI is InChI=1S/C23H19F3N2O2/c1-15-12-17-7-2-3-10-20(17)28(15)22(30)19-9-5-11-27(21(19)29)14-16-6-4-8-18(13-16)23(24,25)26/h2-11,13,15H,12,14H2,1H3/t15-/m0/s1. The lowest BCUT2D eigenvalue weighted by Gasteiger charge is -2.22. The number of benzene rings is 2. The first-order valence-corrected chi connectivity index (χ1v) is 9.53. The highest BCUT2D eigenvalue weighted by atomic mass is 19.4. The van der Waals surface area contributed by atoms with Gasteiger partial charge in [-0.3, -0.25) is 9.59 Å². The minimum Gasteiger partial charge on any atom is -0.310 e. The van der Waals surface area contributed by atoms with Gasteiger partial charge in [-0.2, -0.15) is 13.2 Å². The summed E-state index contributed by atoms with van der Waals surface area (Å²) in [5.41, 5.74) is 0.838. The molecule has 154 valence electrons. The number of alkyl halides is 3. The second-order valence-corrected chi connectivity index (χ2v) is 7.41. The summed E-state index contributed by atoms with van der Waals surface area (Å²) in [4.78, 5) is 27.8. The molecule has 1 aromatic heterocycles. The normalized spacial score (nSPS) is 15.9. The maximum atomic E-state index is 13.2. The lowest BCUT2D eigenvalue weighted by Crippen LogP contribution is -2.39. The predicted molar refractivity (Wildman–Crippen MR) is 108 cm³/mol. The number of rotatable bonds is 3. The molecule has 2 aromatic carbocycles. The number of nitrogens with zero attached hydrogens (tertiary/aromatic N) is 2. The van der Waals surface area contributed by atoms with Gasteiger partial charge in [0.25, 0.3) is 11.5 Å². The molecule has 1 atom stereocenters. The van der Waals surface area contributed by atoms with Crippen LogP contribution in [0.5, 0.6) is 0 Å². The third-order valence-electron chi connectivity index (χ3n) is 5.28. The summed E-state index contributed by atoms with van der Waals surface area (Å²) in [5, 5.41) is 0. The van der Waals surface area contributed by atoms with Crippen LogP contribution in [0.2, 0.25) is 0 Å². The Balaban J connectivity index is 1.66. The van der Waals surface area contributed by atoms with E-state index >= 15 is 0 Å². The Hall–Kier alpha value is -3.35. The van der Waals surface area contributed by atoms with Gasteiger partial charge in [-0.15, -0.1) is 0 Å². The summed E-state index contributed by atoms with van der Waals surface area (Å²) in [7, 11) is 0. The van der Waals surface area contributed by atoms with E-state index in [-0.39, 0.29) is 18.2 Å². The van der Waals surface area contributed by atoms with Crippen molar-refractivity contribution in [2.24, 2.45) is 0 Å². The number of anilines is 1. The monoisotopic (exact) mass is 412 g/mol. The first kappa shape index (κ1) is 19.9. The predicted octanol–water partition coefficient (Wildman–Crippen LogP) is 4.51. The molecule has 0 saturated heterocycles. The SMILES string of the molecule is C[C@H]1Cc2ccccc2N1C(=O)c1cccn(Cc2cccc(C(F)(F)F)c2)c1=O. The van der Waals surface area contributed by atoms with Crippen molar-refractivity contribution in [3.8, 4) is 0 Å². The molecule has 0 N–H and O–H groups in total. The summed E-state index contributed by atoms with van der Waals surface area (Å²) in [6, 6.07) is 15.3. The van der Waals surface area contributed by atoms with Crippen LogP contribution in [0, 0.1) is 0 Å². The van der Waals surface area contributed by atoms with E-state index in [1.54, 1.807) is 11.0 Å². The number of pyridine rings is 1. The van der Waals surface area contributed by atoms with Gasteiger partial charge in [-0.25, -0.2) is 0 Å². The van der Waals surface area contributed by atoms with Gasteiger partial charge in [0.05, 0.1) is 12.1 Å². The molecule has 1 amide bonds. The van der Waals surface area contributed by atoms with Crippen LogP contribution in [-0.4, -0.2) is 16.5 Å². The average molecular weight is 412 g/mol. The van der Waals surface area contributed by atoms with Gasteiger partial charge in [0.2, 0.25) is 0 Å². The Morgan fingerprint density at radius 3 is 2.60 bits per heavy atom. The molecule has 0 aliphatic carbocycles. The summed E-state index contributed by atoms with van der Waals surface area (Å²) in [6.45, 7) is 1.86. The molecule has 0 radical (unpaired) electrons. The molecular weight excluding hydrogens is 393 g/mol. The van der Waals surface area contributed by atoms with Crippen LogP contribution in [-0.2, 0) is 19.1 Å². The third kappa shape index (κ3) is 3.63. The number of halogens is 3. The maximum absolute atomic E-state index is 13.2. The zero-order valence-corrected chi connectivity index (χ0v) is 16.2. The van der Waals surface area contributed by atoms with Gasteiger partial charge >= 0.3 is 6.18 Å². The molecule has 4 rings (SSSR count). The largest absolute Gasteiger partial charge is 0.416 e. The third-order valence-corrected chi connectivity index (χ3v) is 5.28. The van der Waals surface area contributed by atoms with Crippen molar-refractivity contribution in [3.63, 3.8) is 0 Å². The number of carbonyl (C=O) groups excluding carboxylic acids is 1. The molecule has 7 heteroatoms. The quantitative estimate of drug-likeness (QED) is 0.635. The zero-order valence-electron chi connectivity index (χ0n) is 16.2. The van der Waals surface area contributed by atoms with Crippen LogP contribution in [0.4, 0.5) is 18.9 Å². The molecule has 1 aliphatic heterocycles. The van der Waals surface area contributed by atoms with Gasteiger partial charge in [0, 0.05) is 17.9 Å². The van der Waals surface area contributed by atoms with Crippen molar-refractivity contribution >= 4 is 11.6 Å². The zero-order chi connectivity index (χ0) is 21.5. The smallest absolute Gasteiger partial charge is 0.310 e. The summed E-state index contributed by atoms with van der Waals surface area (Å²) < 4.78 is 40.2. The van der Waals surface area contributed by atoms with Crippen molar-refractivity contribution in [1.29, 1.82) is 0 Å². The number of fused-ring (bicyclic) bond motifs is 1. The minimum absolute atomic E-state index is 0.00645. The first-order valence-electron chi connectivity index (χ1n) is 9.53. The number of amides is 1. The summed E-state index contributed by atoms with van der Waals surface area (Å²) >= 11 is 0. The molecule has 0 bridgehead atoms. The number of hydrogen-bond acceptors (Lipinski definition) is 2. The molecule has 3 aromatic rings. The van der Waals surface area contributed by atoms with E-state index in [0.29, 0.717) is 12.0 Å². The van der Waals surface area contributed by atoms with Gasteiger partial charge in [0.15, 0.2) is 0 Å². The Morgan fingerprint density at radius 2 is 1.83 bits per heavy atom. The van der Waals surface area contributed by atoms with Gasteiger partial charge in [-0.1, -0.05) is 30.3 Å². The molecule has 0 unspecified atom stereocenters. The molecule has 4 nitrogen and oxygen atoms in total. The Bertz CT molecular complexity index is 1170. The first-order chi connectivity index (χ1) is 14.3. The van der Waals surface area contributed by atoms with E-state index in [9.17, 15) is 22.8 Å². The van der Waals surface area contributed by atoms with E-state index in [1.165, 1.54) is 29.0 Å². The van der Waals surface area contributed by atoms with Crippen LogP contribution in [0.3, 0.4) is 0 Å². The summed E-state index contributed by atoms with van der Waals surface area (Å²) in [6.07, 6.45) is -2.29. The number of hydrogen-bond donors (Lipinski definition) is 0. The summed E-state index contributed by atoms with van der Waals surface area (Å²) in [5.74, 6) is -0.407. The Morgan fingerprint density at radius 1 is 1.07 bits per heavy atom. The molecule has 0 fully saturated rings. The fraction of sp³-hybridized carbons (Fsp3) is 0.217. The van der Waals surface area contributed by atoms with Crippen LogP contribution in [0.25, 0.3) is 0 Å². The second kappa shape index (κ2) is 7.48. The fourth-order valence-electron chi connectivity index (χ4n) is 3.87. The number of para-hydroxylation sites is 1. The van der Waals surface area contributed by atoms with Crippen LogP contribution in [0.1, 0.15) is 34.0 Å². The highest BCUT2D eigenvalue weighted by Gasteiger charge is 2.33. The highest BCUT2D eigenvalue weighted by molar-refractivity contribution is 6.07. The Kier molecular flexibility index (Phi) is 4.97. The van der Waals surface area contributed by atoms with E-state index in [2.05, 4.69) is 0 Å².